The Kier molecular flexibility index (Phi) is 7.96. The minimum atomic E-state index is -4.03. The monoisotopic (exact) mass is 482 g/mol. The molecule has 180 valence electrons. The first-order valence-electron chi connectivity index (χ1n) is 10.8. The van der Waals surface area contributed by atoms with Crippen LogP contribution in [0, 0.1) is 13.8 Å². The molecule has 0 aliphatic heterocycles. The maximum Gasteiger partial charge on any atom is 0.243 e. The minimum Gasteiger partial charge on any atom is -0.493 e. The minimum absolute atomic E-state index is 0.0164. The van der Waals surface area contributed by atoms with Gasteiger partial charge in [-0.25, -0.2) is 8.42 Å². The summed E-state index contributed by atoms with van der Waals surface area (Å²) in [4.78, 5) is 14.7. The summed E-state index contributed by atoms with van der Waals surface area (Å²) in [6.07, 6.45) is 0. The van der Waals surface area contributed by atoms with Gasteiger partial charge in [-0.15, -0.1) is 0 Å². The van der Waals surface area contributed by atoms with E-state index in [-0.39, 0.29) is 23.9 Å². The van der Waals surface area contributed by atoms with Gasteiger partial charge in [0.1, 0.15) is 0 Å². The third kappa shape index (κ3) is 5.58. The maximum atomic E-state index is 13.7. The molecule has 3 aromatic rings. The van der Waals surface area contributed by atoms with Crippen molar-refractivity contribution < 1.29 is 22.7 Å². The van der Waals surface area contributed by atoms with Gasteiger partial charge in [0.05, 0.1) is 25.7 Å². The SMILES string of the molecule is COc1ccc(S(=O)(=O)N(CC(=O)N(C)c2ccc(C)c(C)c2)Cc2ccccc2)cc1OC. The quantitative estimate of drug-likeness (QED) is 0.458. The number of likely N-dealkylation sites (N-methyl/N-ethyl adjacent to an activating group) is 1. The summed E-state index contributed by atoms with van der Waals surface area (Å²) in [5, 5.41) is 0. The maximum absolute atomic E-state index is 13.7. The number of hydrogen-bond acceptors (Lipinski definition) is 5. The van der Waals surface area contributed by atoms with Crippen LogP contribution >= 0.6 is 0 Å². The van der Waals surface area contributed by atoms with Crippen LogP contribution < -0.4 is 14.4 Å². The van der Waals surface area contributed by atoms with Gasteiger partial charge in [-0.05, 0) is 54.8 Å². The fourth-order valence-electron chi connectivity index (χ4n) is 3.47. The third-order valence-electron chi connectivity index (χ3n) is 5.76. The van der Waals surface area contributed by atoms with Crippen molar-refractivity contribution in [2.24, 2.45) is 0 Å². The molecule has 0 saturated heterocycles. The molecule has 1 amide bonds. The molecular formula is C26H30N2O5S. The Morgan fingerprint density at radius 3 is 2.15 bits per heavy atom. The molecule has 0 unspecified atom stereocenters. The summed E-state index contributed by atoms with van der Waals surface area (Å²) in [6.45, 7) is 3.69. The molecule has 0 fully saturated rings. The Morgan fingerprint density at radius 1 is 0.853 bits per heavy atom. The van der Waals surface area contributed by atoms with Crippen molar-refractivity contribution in [3.05, 3.63) is 83.4 Å². The summed E-state index contributed by atoms with van der Waals surface area (Å²) in [6, 6.07) is 19.3. The molecule has 8 heteroatoms. The second kappa shape index (κ2) is 10.7. The van der Waals surface area contributed by atoms with Gasteiger partial charge in [0, 0.05) is 25.3 Å². The molecule has 3 rings (SSSR count). The van der Waals surface area contributed by atoms with Crippen molar-refractivity contribution in [3.63, 3.8) is 0 Å². The lowest BCUT2D eigenvalue weighted by Gasteiger charge is -2.25. The number of nitrogens with zero attached hydrogens (tertiary/aromatic N) is 2. The van der Waals surface area contributed by atoms with Gasteiger partial charge in [0.25, 0.3) is 0 Å². The second-order valence-corrected chi connectivity index (χ2v) is 9.93. The number of aryl methyl sites for hydroxylation is 2. The molecule has 0 radical (unpaired) electrons. The Morgan fingerprint density at radius 2 is 1.53 bits per heavy atom. The first-order chi connectivity index (χ1) is 16.2. The number of methoxy groups -OCH3 is 2. The Balaban J connectivity index is 1.96. The topological polar surface area (TPSA) is 76.2 Å². The van der Waals surface area contributed by atoms with Crippen LogP contribution in [0.25, 0.3) is 0 Å². The highest BCUT2D eigenvalue weighted by Gasteiger charge is 2.29. The normalized spacial score (nSPS) is 11.4. The van der Waals surface area contributed by atoms with Crippen molar-refractivity contribution >= 4 is 21.6 Å². The van der Waals surface area contributed by atoms with Gasteiger partial charge >= 0.3 is 0 Å². The van der Waals surface area contributed by atoms with Gasteiger partial charge < -0.3 is 14.4 Å². The first kappa shape index (κ1) is 25.3. The van der Waals surface area contributed by atoms with E-state index in [9.17, 15) is 13.2 Å². The highest BCUT2D eigenvalue weighted by atomic mass is 32.2. The third-order valence-corrected chi connectivity index (χ3v) is 7.55. The van der Waals surface area contributed by atoms with Crippen molar-refractivity contribution in [1.82, 2.24) is 4.31 Å². The molecule has 0 aliphatic carbocycles. The van der Waals surface area contributed by atoms with E-state index < -0.39 is 10.0 Å². The fourth-order valence-corrected chi connectivity index (χ4v) is 4.87. The van der Waals surface area contributed by atoms with Crippen LogP contribution in [0.2, 0.25) is 0 Å². The van der Waals surface area contributed by atoms with Gasteiger partial charge in [-0.1, -0.05) is 36.4 Å². The molecule has 34 heavy (non-hydrogen) atoms. The second-order valence-electron chi connectivity index (χ2n) is 8.00. The number of ether oxygens (including phenoxy) is 2. The highest BCUT2D eigenvalue weighted by Crippen LogP contribution is 2.31. The summed E-state index contributed by atoms with van der Waals surface area (Å²) in [5.41, 5.74) is 3.65. The molecule has 3 aromatic carbocycles. The van der Waals surface area contributed by atoms with E-state index in [1.54, 1.807) is 7.05 Å². The van der Waals surface area contributed by atoms with Gasteiger partial charge in [-0.3, -0.25) is 4.79 Å². The van der Waals surface area contributed by atoms with Crippen molar-refractivity contribution in [2.75, 3.05) is 32.7 Å². The lowest BCUT2D eigenvalue weighted by molar-refractivity contribution is -0.118. The number of amides is 1. The Bertz CT molecular complexity index is 1260. The molecule has 0 heterocycles. The Hall–Kier alpha value is -3.36. The van der Waals surface area contributed by atoms with E-state index in [1.807, 2.05) is 62.4 Å². The van der Waals surface area contributed by atoms with E-state index in [2.05, 4.69) is 0 Å². The number of hydrogen-bond donors (Lipinski definition) is 0. The molecule has 0 aliphatic rings. The number of rotatable bonds is 9. The van der Waals surface area contributed by atoms with Crippen molar-refractivity contribution in [3.8, 4) is 11.5 Å². The standard InChI is InChI=1S/C26H30N2O5S/c1-19-11-12-22(15-20(19)2)27(3)26(29)18-28(17-21-9-7-6-8-10-21)34(30,31)23-13-14-24(32-4)25(16-23)33-5/h6-16H,17-18H2,1-5H3. The van der Waals surface area contributed by atoms with E-state index in [0.29, 0.717) is 17.2 Å². The molecular weight excluding hydrogens is 452 g/mol. The molecule has 7 nitrogen and oxygen atoms in total. The van der Waals surface area contributed by atoms with Crippen molar-refractivity contribution in [1.29, 1.82) is 0 Å². The number of benzene rings is 3. The van der Waals surface area contributed by atoms with Gasteiger partial charge in [-0.2, -0.15) is 4.31 Å². The lowest BCUT2D eigenvalue weighted by atomic mass is 10.1. The predicted molar refractivity (Wildman–Crippen MR) is 133 cm³/mol. The first-order valence-corrected chi connectivity index (χ1v) is 12.2. The van der Waals surface area contributed by atoms with E-state index in [1.165, 1.54) is 41.6 Å². The summed E-state index contributed by atoms with van der Waals surface area (Å²) in [5.74, 6) is 0.367. The van der Waals surface area contributed by atoms with Crippen LogP contribution in [0.4, 0.5) is 5.69 Å². The zero-order valence-electron chi connectivity index (χ0n) is 20.1. The summed E-state index contributed by atoms with van der Waals surface area (Å²) in [7, 11) is 0.540. The largest absolute Gasteiger partial charge is 0.493 e. The van der Waals surface area contributed by atoms with Gasteiger partial charge in [0.15, 0.2) is 11.5 Å². The average Bonchev–Trinajstić information content (AvgIpc) is 2.84. The highest BCUT2D eigenvalue weighted by molar-refractivity contribution is 7.89. The van der Waals surface area contributed by atoms with Crippen LogP contribution in [0.3, 0.4) is 0 Å². The van der Waals surface area contributed by atoms with E-state index >= 15 is 0 Å². The molecule has 0 bridgehead atoms. The van der Waals surface area contributed by atoms with Crippen LogP contribution in [0.15, 0.2) is 71.6 Å². The number of carbonyl (C=O) groups is 1. The predicted octanol–water partition coefficient (Wildman–Crippen LogP) is 4.17. The molecule has 0 spiro atoms. The molecule has 0 N–H and O–H groups in total. The van der Waals surface area contributed by atoms with Crippen LogP contribution in [0.5, 0.6) is 11.5 Å². The Labute approximate surface area is 201 Å². The molecule has 0 atom stereocenters. The smallest absolute Gasteiger partial charge is 0.243 e. The van der Waals surface area contributed by atoms with Crippen LogP contribution in [0.1, 0.15) is 16.7 Å². The fraction of sp³-hybridized carbons (Fsp3) is 0.269. The van der Waals surface area contributed by atoms with Crippen molar-refractivity contribution in [2.45, 2.75) is 25.3 Å². The zero-order chi connectivity index (χ0) is 24.9. The lowest BCUT2D eigenvalue weighted by Crippen LogP contribution is -2.41. The van der Waals surface area contributed by atoms with Crippen LogP contribution in [-0.4, -0.2) is 46.4 Å². The number of anilines is 1. The average molecular weight is 483 g/mol. The number of sulfonamides is 1. The molecule has 0 aromatic heterocycles. The van der Waals surface area contributed by atoms with E-state index in [4.69, 9.17) is 9.47 Å². The summed E-state index contributed by atoms with van der Waals surface area (Å²) >= 11 is 0. The zero-order valence-corrected chi connectivity index (χ0v) is 20.9. The van der Waals surface area contributed by atoms with E-state index in [0.717, 1.165) is 16.7 Å². The molecule has 0 saturated carbocycles. The number of carbonyl (C=O) groups excluding carboxylic acids is 1. The van der Waals surface area contributed by atoms with Gasteiger partial charge in [0.2, 0.25) is 15.9 Å². The van der Waals surface area contributed by atoms with Crippen LogP contribution in [-0.2, 0) is 21.4 Å². The summed E-state index contributed by atoms with van der Waals surface area (Å²) < 4.78 is 39.0.